The normalized spacial score (nSPS) is 12.7. The zero-order valence-electron chi connectivity index (χ0n) is 10.4. The highest BCUT2D eigenvalue weighted by Gasteiger charge is 2.15. The van der Waals surface area contributed by atoms with Crippen molar-refractivity contribution in [2.24, 2.45) is 5.92 Å². The van der Waals surface area contributed by atoms with Gasteiger partial charge in [0.25, 0.3) is 0 Å². The van der Waals surface area contributed by atoms with Crippen molar-refractivity contribution in [1.29, 1.82) is 0 Å². The summed E-state index contributed by atoms with van der Waals surface area (Å²) in [7, 11) is 0. The molecule has 0 saturated heterocycles. The first-order chi connectivity index (χ1) is 8.61. The number of nitrogens with zero attached hydrogens (tertiary/aromatic N) is 2. The predicted octanol–water partition coefficient (Wildman–Crippen LogP) is 3.85. The average molecular weight is 268 g/mol. The Labute approximate surface area is 110 Å². The van der Waals surface area contributed by atoms with E-state index in [1.165, 1.54) is 6.07 Å². The number of hydrogen-bond donors (Lipinski definition) is 1. The molecule has 1 unspecified atom stereocenters. The Kier molecular flexibility index (Phi) is 3.97. The standard InChI is InChI=1S/C13H15ClFN3/c1-3-8(2)7-11-16-13(18-17-11)12-9(14)5-4-6-10(12)15/h4-6,8H,3,7H2,1-2H3,(H,16,17,18). The van der Waals surface area contributed by atoms with Gasteiger partial charge < -0.3 is 0 Å². The second-order valence-corrected chi connectivity index (χ2v) is 4.83. The van der Waals surface area contributed by atoms with Gasteiger partial charge in [-0.15, -0.1) is 0 Å². The molecule has 96 valence electrons. The minimum Gasteiger partial charge on any atom is -0.263 e. The van der Waals surface area contributed by atoms with Crippen molar-refractivity contribution >= 4 is 11.6 Å². The maximum Gasteiger partial charge on any atom is 0.185 e. The molecule has 0 fully saturated rings. The second-order valence-electron chi connectivity index (χ2n) is 4.42. The van der Waals surface area contributed by atoms with Crippen LogP contribution in [0.4, 0.5) is 4.39 Å². The molecule has 1 heterocycles. The third-order valence-electron chi connectivity index (χ3n) is 2.96. The molecule has 2 rings (SSSR count). The van der Waals surface area contributed by atoms with Gasteiger partial charge in [-0.05, 0) is 18.1 Å². The first-order valence-electron chi connectivity index (χ1n) is 5.97. The molecule has 1 aromatic carbocycles. The third-order valence-corrected chi connectivity index (χ3v) is 3.27. The van der Waals surface area contributed by atoms with E-state index in [2.05, 4.69) is 29.0 Å². The number of halogens is 2. The first kappa shape index (κ1) is 13.0. The highest BCUT2D eigenvalue weighted by molar-refractivity contribution is 6.33. The Balaban J connectivity index is 2.30. The van der Waals surface area contributed by atoms with Gasteiger partial charge in [0.2, 0.25) is 0 Å². The third kappa shape index (κ3) is 2.70. The van der Waals surface area contributed by atoms with Crippen molar-refractivity contribution in [1.82, 2.24) is 15.2 Å². The molecule has 0 radical (unpaired) electrons. The lowest BCUT2D eigenvalue weighted by Crippen LogP contribution is -1.99. The second kappa shape index (κ2) is 5.48. The summed E-state index contributed by atoms with van der Waals surface area (Å²) in [4.78, 5) is 4.30. The number of rotatable bonds is 4. The molecule has 0 aliphatic rings. The Morgan fingerprint density at radius 1 is 1.44 bits per heavy atom. The van der Waals surface area contributed by atoms with Crippen LogP contribution in [0.3, 0.4) is 0 Å². The minimum absolute atomic E-state index is 0.255. The fraction of sp³-hybridized carbons (Fsp3) is 0.385. The Morgan fingerprint density at radius 3 is 2.89 bits per heavy atom. The SMILES string of the molecule is CCC(C)Cc1nc(-c2c(F)cccc2Cl)n[nH]1. The van der Waals surface area contributed by atoms with E-state index in [0.717, 1.165) is 18.7 Å². The molecule has 0 spiro atoms. The van der Waals surface area contributed by atoms with Crippen LogP contribution in [0.25, 0.3) is 11.4 Å². The van der Waals surface area contributed by atoms with Gasteiger partial charge in [0.05, 0.1) is 10.6 Å². The molecular weight excluding hydrogens is 253 g/mol. The van der Waals surface area contributed by atoms with E-state index in [-0.39, 0.29) is 5.56 Å². The summed E-state index contributed by atoms with van der Waals surface area (Å²) in [6, 6.07) is 4.55. The van der Waals surface area contributed by atoms with E-state index in [0.29, 0.717) is 16.8 Å². The quantitative estimate of drug-likeness (QED) is 0.914. The number of nitrogens with one attached hydrogen (secondary N) is 1. The molecular formula is C13H15ClFN3. The topological polar surface area (TPSA) is 41.6 Å². The van der Waals surface area contributed by atoms with Gasteiger partial charge in [0.15, 0.2) is 5.82 Å². The molecule has 1 aromatic heterocycles. The number of hydrogen-bond acceptors (Lipinski definition) is 2. The van der Waals surface area contributed by atoms with Crippen LogP contribution in [-0.2, 0) is 6.42 Å². The van der Waals surface area contributed by atoms with Crippen molar-refractivity contribution < 1.29 is 4.39 Å². The van der Waals surface area contributed by atoms with Gasteiger partial charge in [-0.1, -0.05) is 37.9 Å². The van der Waals surface area contributed by atoms with Crippen LogP contribution in [0.5, 0.6) is 0 Å². The van der Waals surface area contributed by atoms with Crippen molar-refractivity contribution in [3.8, 4) is 11.4 Å². The van der Waals surface area contributed by atoms with Crippen molar-refractivity contribution in [2.75, 3.05) is 0 Å². The lowest BCUT2D eigenvalue weighted by molar-refractivity contribution is 0.544. The smallest absolute Gasteiger partial charge is 0.185 e. The molecule has 3 nitrogen and oxygen atoms in total. The molecule has 18 heavy (non-hydrogen) atoms. The van der Waals surface area contributed by atoms with Crippen LogP contribution in [0.15, 0.2) is 18.2 Å². The van der Waals surface area contributed by atoms with Crippen LogP contribution in [0, 0.1) is 11.7 Å². The Hall–Kier alpha value is -1.42. The molecule has 0 bridgehead atoms. The number of benzene rings is 1. The summed E-state index contributed by atoms with van der Waals surface area (Å²) in [6.07, 6.45) is 1.87. The maximum atomic E-state index is 13.7. The van der Waals surface area contributed by atoms with Gasteiger partial charge in [-0.2, -0.15) is 5.10 Å². The molecule has 1 atom stereocenters. The van der Waals surface area contributed by atoms with Crippen molar-refractivity contribution in [3.63, 3.8) is 0 Å². The van der Waals surface area contributed by atoms with Crippen LogP contribution in [0.2, 0.25) is 5.02 Å². The summed E-state index contributed by atoms with van der Waals surface area (Å²) in [5, 5.41) is 7.20. The Bertz CT molecular complexity index is 519. The van der Waals surface area contributed by atoms with Crippen LogP contribution >= 0.6 is 11.6 Å². The van der Waals surface area contributed by atoms with Gasteiger partial charge in [-0.25, -0.2) is 9.37 Å². The van der Waals surface area contributed by atoms with E-state index in [1.54, 1.807) is 12.1 Å². The van der Waals surface area contributed by atoms with Gasteiger partial charge >= 0.3 is 0 Å². The van der Waals surface area contributed by atoms with E-state index >= 15 is 0 Å². The number of aromatic nitrogens is 3. The maximum absolute atomic E-state index is 13.7. The number of aromatic amines is 1. The van der Waals surface area contributed by atoms with Crippen molar-refractivity contribution in [2.45, 2.75) is 26.7 Å². The first-order valence-corrected chi connectivity index (χ1v) is 6.35. The fourth-order valence-electron chi connectivity index (χ4n) is 1.68. The predicted molar refractivity (Wildman–Crippen MR) is 69.9 cm³/mol. The molecule has 5 heteroatoms. The van der Waals surface area contributed by atoms with Gasteiger partial charge in [0, 0.05) is 6.42 Å². The van der Waals surface area contributed by atoms with Gasteiger partial charge in [-0.3, -0.25) is 5.10 Å². The summed E-state index contributed by atoms with van der Waals surface area (Å²) in [6.45, 7) is 4.26. The van der Waals surface area contributed by atoms with Crippen LogP contribution in [-0.4, -0.2) is 15.2 Å². The van der Waals surface area contributed by atoms with E-state index < -0.39 is 5.82 Å². The van der Waals surface area contributed by atoms with E-state index in [4.69, 9.17) is 11.6 Å². The summed E-state index contributed by atoms with van der Waals surface area (Å²) in [5.41, 5.74) is 0.255. The Morgan fingerprint density at radius 2 is 2.22 bits per heavy atom. The summed E-state index contributed by atoms with van der Waals surface area (Å²) >= 11 is 5.97. The van der Waals surface area contributed by atoms with E-state index in [9.17, 15) is 4.39 Å². The molecule has 0 aliphatic carbocycles. The summed E-state index contributed by atoms with van der Waals surface area (Å²) < 4.78 is 13.7. The molecule has 2 aromatic rings. The molecule has 1 N–H and O–H groups in total. The number of H-pyrrole nitrogens is 1. The molecule has 0 saturated carbocycles. The summed E-state index contributed by atoms with van der Waals surface area (Å²) in [5.74, 6) is 1.19. The molecule has 0 aliphatic heterocycles. The lowest BCUT2D eigenvalue weighted by Gasteiger charge is -2.03. The van der Waals surface area contributed by atoms with Crippen LogP contribution in [0.1, 0.15) is 26.1 Å². The van der Waals surface area contributed by atoms with E-state index in [1.807, 2.05) is 0 Å². The fourth-order valence-corrected chi connectivity index (χ4v) is 1.93. The minimum atomic E-state index is -0.406. The van der Waals surface area contributed by atoms with Crippen molar-refractivity contribution in [3.05, 3.63) is 34.9 Å². The molecule has 0 amide bonds. The zero-order chi connectivity index (χ0) is 13.1. The average Bonchev–Trinajstić information content (AvgIpc) is 2.77. The highest BCUT2D eigenvalue weighted by Crippen LogP contribution is 2.27. The highest BCUT2D eigenvalue weighted by atomic mass is 35.5. The lowest BCUT2D eigenvalue weighted by atomic mass is 10.1. The largest absolute Gasteiger partial charge is 0.263 e. The van der Waals surface area contributed by atoms with Gasteiger partial charge in [0.1, 0.15) is 11.6 Å². The monoisotopic (exact) mass is 267 g/mol. The van der Waals surface area contributed by atoms with Crippen LogP contribution < -0.4 is 0 Å². The zero-order valence-corrected chi connectivity index (χ0v) is 11.1.